The van der Waals surface area contributed by atoms with E-state index in [0.29, 0.717) is 6.61 Å². The Labute approximate surface area is 163 Å². The first kappa shape index (κ1) is 23.5. The van der Waals surface area contributed by atoms with E-state index in [0.717, 1.165) is 30.9 Å². The molecule has 140 valence electrons. The van der Waals surface area contributed by atoms with Crippen molar-refractivity contribution >= 4 is 24.8 Å². The molecule has 0 unspecified atom stereocenters. The quantitative estimate of drug-likeness (QED) is 0.747. The zero-order valence-corrected chi connectivity index (χ0v) is 16.6. The number of rotatable bonds is 8. The lowest BCUT2D eigenvalue weighted by Gasteiger charge is -2.19. The van der Waals surface area contributed by atoms with Gasteiger partial charge in [-0.25, -0.2) is 0 Å². The third kappa shape index (κ3) is 8.45. The highest BCUT2D eigenvalue weighted by molar-refractivity contribution is 5.85. The van der Waals surface area contributed by atoms with E-state index in [-0.39, 0.29) is 30.6 Å². The van der Waals surface area contributed by atoms with Gasteiger partial charge >= 0.3 is 0 Å². The first-order valence-corrected chi connectivity index (χ1v) is 7.86. The highest BCUT2D eigenvalue weighted by Gasteiger charge is 2.07. The van der Waals surface area contributed by atoms with Gasteiger partial charge in [-0.3, -0.25) is 4.90 Å². The summed E-state index contributed by atoms with van der Waals surface area (Å²) in [6, 6.07) is 15.7. The minimum atomic E-state index is 0. The molecule has 6 heteroatoms. The number of phenols is 1. The normalized spacial score (nSPS) is 10.3. The van der Waals surface area contributed by atoms with E-state index in [1.807, 2.05) is 26.2 Å². The molecule has 0 aliphatic heterocycles. The molecule has 0 aliphatic carbocycles. The van der Waals surface area contributed by atoms with Gasteiger partial charge in [0.2, 0.25) is 0 Å². The molecule has 0 spiro atoms. The van der Waals surface area contributed by atoms with Crippen molar-refractivity contribution in [3.63, 3.8) is 0 Å². The number of phenolic OH excluding ortho intramolecular Hbond substituents is 1. The van der Waals surface area contributed by atoms with Crippen LogP contribution >= 0.6 is 24.8 Å². The van der Waals surface area contributed by atoms with Crippen LogP contribution in [-0.4, -0.2) is 49.2 Å². The summed E-state index contributed by atoms with van der Waals surface area (Å²) in [6.07, 6.45) is 0. The molecule has 0 fully saturated rings. The Balaban J connectivity index is 0.00000288. The van der Waals surface area contributed by atoms with Crippen LogP contribution in [0.15, 0.2) is 48.5 Å². The Kier molecular flexibility index (Phi) is 11.3. The van der Waals surface area contributed by atoms with Gasteiger partial charge in [-0.15, -0.1) is 24.8 Å². The largest absolute Gasteiger partial charge is 0.508 e. The van der Waals surface area contributed by atoms with Gasteiger partial charge in [0, 0.05) is 25.2 Å². The van der Waals surface area contributed by atoms with Gasteiger partial charge in [0.05, 0.1) is 0 Å². The van der Waals surface area contributed by atoms with Gasteiger partial charge in [-0.05, 0) is 44.9 Å². The van der Waals surface area contributed by atoms with E-state index in [1.165, 1.54) is 5.56 Å². The third-order valence-corrected chi connectivity index (χ3v) is 3.56. The topological polar surface area (TPSA) is 35.9 Å². The second-order valence-electron chi connectivity index (χ2n) is 6.10. The number of hydrogen-bond donors (Lipinski definition) is 1. The van der Waals surface area contributed by atoms with E-state index < -0.39 is 0 Å². The Morgan fingerprint density at radius 3 is 2.24 bits per heavy atom. The third-order valence-electron chi connectivity index (χ3n) is 3.56. The molecule has 0 bridgehead atoms. The molecule has 0 saturated carbocycles. The van der Waals surface area contributed by atoms with Crippen molar-refractivity contribution in [2.24, 2.45) is 0 Å². The molecule has 0 radical (unpaired) electrons. The lowest BCUT2D eigenvalue weighted by Crippen LogP contribution is -2.24. The van der Waals surface area contributed by atoms with Crippen LogP contribution in [0.4, 0.5) is 0 Å². The van der Waals surface area contributed by atoms with E-state index in [2.05, 4.69) is 41.1 Å². The minimum Gasteiger partial charge on any atom is -0.508 e. The van der Waals surface area contributed by atoms with Crippen LogP contribution < -0.4 is 4.74 Å². The highest BCUT2D eigenvalue weighted by atomic mass is 35.5. The standard InChI is InChI=1S/C19H26N2O2.2ClH/c1-20(2)15-17-13-18(22)9-10-19(17)23-12-11-21(3)14-16-7-5-4-6-8-16;;/h4-10,13,22H,11-12,14-15H2,1-3H3;2*1H. The molecule has 0 atom stereocenters. The van der Waals surface area contributed by atoms with Crippen molar-refractivity contribution in [3.05, 3.63) is 59.7 Å². The Morgan fingerprint density at radius 1 is 0.920 bits per heavy atom. The molecule has 0 saturated heterocycles. The second kappa shape index (κ2) is 12.0. The van der Waals surface area contributed by atoms with E-state index in [1.54, 1.807) is 12.1 Å². The van der Waals surface area contributed by atoms with Crippen LogP contribution in [0.25, 0.3) is 0 Å². The molecule has 0 aliphatic rings. The highest BCUT2D eigenvalue weighted by Crippen LogP contribution is 2.24. The number of ether oxygens (including phenoxy) is 1. The van der Waals surface area contributed by atoms with Gasteiger partial charge in [0.15, 0.2) is 0 Å². The average molecular weight is 387 g/mol. The number of hydrogen-bond acceptors (Lipinski definition) is 4. The number of benzene rings is 2. The van der Waals surface area contributed by atoms with Crippen LogP contribution in [0.1, 0.15) is 11.1 Å². The summed E-state index contributed by atoms with van der Waals surface area (Å²) in [5.41, 5.74) is 2.30. The van der Waals surface area contributed by atoms with Gasteiger partial charge in [0.25, 0.3) is 0 Å². The molecular formula is C19H28Cl2N2O2. The molecule has 2 rings (SSSR count). The molecule has 2 aromatic rings. The summed E-state index contributed by atoms with van der Waals surface area (Å²) in [4.78, 5) is 4.30. The molecule has 2 aromatic carbocycles. The first-order valence-electron chi connectivity index (χ1n) is 7.86. The van der Waals surface area contributed by atoms with Crippen molar-refractivity contribution in [2.45, 2.75) is 13.1 Å². The summed E-state index contributed by atoms with van der Waals surface area (Å²) < 4.78 is 5.92. The molecule has 0 aromatic heterocycles. The summed E-state index contributed by atoms with van der Waals surface area (Å²) in [5, 5.41) is 9.65. The zero-order chi connectivity index (χ0) is 16.7. The SMILES string of the molecule is CN(C)Cc1cc(O)ccc1OCCN(C)Cc1ccccc1.Cl.Cl. The van der Waals surface area contributed by atoms with Crippen LogP contribution in [0.2, 0.25) is 0 Å². The maximum Gasteiger partial charge on any atom is 0.124 e. The number of nitrogens with zero attached hydrogens (tertiary/aromatic N) is 2. The smallest absolute Gasteiger partial charge is 0.124 e. The van der Waals surface area contributed by atoms with E-state index in [9.17, 15) is 5.11 Å². The van der Waals surface area contributed by atoms with Crippen LogP contribution in [-0.2, 0) is 13.1 Å². The predicted molar refractivity (Wildman–Crippen MR) is 108 cm³/mol. The molecular weight excluding hydrogens is 359 g/mol. The van der Waals surface area contributed by atoms with Crippen molar-refractivity contribution in [3.8, 4) is 11.5 Å². The lowest BCUT2D eigenvalue weighted by molar-refractivity contribution is 0.229. The number of aromatic hydroxyl groups is 1. The Morgan fingerprint density at radius 2 is 1.60 bits per heavy atom. The van der Waals surface area contributed by atoms with Crippen molar-refractivity contribution in [1.29, 1.82) is 0 Å². The summed E-state index contributed by atoms with van der Waals surface area (Å²) in [5.74, 6) is 1.11. The molecule has 4 nitrogen and oxygen atoms in total. The molecule has 25 heavy (non-hydrogen) atoms. The van der Waals surface area contributed by atoms with Crippen LogP contribution in [0, 0.1) is 0 Å². The van der Waals surface area contributed by atoms with Crippen molar-refractivity contribution in [2.75, 3.05) is 34.3 Å². The Hall–Kier alpha value is -1.46. The maximum atomic E-state index is 9.65. The summed E-state index contributed by atoms with van der Waals surface area (Å²) >= 11 is 0. The number of likely N-dealkylation sites (N-methyl/N-ethyl adjacent to an activating group) is 1. The van der Waals surface area contributed by atoms with E-state index >= 15 is 0 Å². The molecule has 0 amide bonds. The van der Waals surface area contributed by atoms with Crippen LogP contribution in [0.3, 0.4) is 0 Å². The second-order valence-corrected chi connectivity index (χ2v) is 6.10. The average Bonchev–Trinajstić information content (AvgIpc) is 2.50. The van der Waals surface area contributed by atoms with Gasteiger partial charge < -0.3 is 14.7 Å². The lowest BCUT2D eigenvalue weighted by atomic mass is 10.2. The number of halogens is 2. The van der Waals surface area contributed by atoms with Gasteiger partial charge in [-0.1, -0.05) is 30.3 Å². The Bertz CT molecular complexity index is 610. The monoisotopic (exact) mass is 386 g/mol. The fourth-order valence-electron chi connectivity index (χ4n) is 2.46. The minimum absolute atomic E-state index is 0. The van der Waals surface area contributed by atoms with Crippen molar-refractivity contribution < 1.29 is 9.84 Å². The van der Waals surface area contributed by atoms with Crippen LogP contribution in [0.5, 0.6) is 11.5 Å². The first-order chi connectivity index (χ1) is 11.0. The summed E-state index contributed by atoms with van der Waals surface area (Å²) in [7, 11) is 6.09. The van der Waals surface area contributed by atoms with E-state index in [4.69, 9.17) is 4.74 Å². The summed E-state index contributed by atoms with van der Waals surface area (Å²) in [6.45, 7) is 3.11. The zero-order valence-electron chi connectivity index (χ0n) is 15.0. The molecule has 1 N–H and O–H groups in total. The fourth-order valence-corrected chi connectivity index (χ4v) is 2.46. The van der Waals surface area contributed by atoms with Gasteiger partial charge in [-0.2, -0.15) is 0 Å². The molecule has 0 heterocycles. The maximum absolute atomic E-state index is 9.65. The predicted octanol–water partition coefficient (Wildman–Crippen LogP) is 3.81. The van der Waals surface area contributed by atoms with Gasteiger partial charge in [0.1, 0.15) is 18.1 Å². The fraction of sp³-hybridized carbons (Fsp3) is 0.368. The van der Waals surface area contributed by atoms with Crippen molar-refractivity contribution in [1.82, 2.24) is 9.80 Å².